The van der Waals surface area contributed by atoms with Crippen LogP contribution in [0, 0.1) is 0 Å². The average molecular weight is 1160 g/mol. The molecule has 0 aliphatic rings. The van der Waals surface area contributed by atoms with Crippen LogP contribution in [0.5, 0.6) is 0 Å². The number of nitrogens with one attached hydrogen (secondary N) is 1. The fourth-order valence-corrected chi connectivity index (χ4v) is 12.0. The van der Waals surface area contributed by atoms with Gasteiger partial charge in [-0.15, -0.1) is 0 Å². The Bertz CT molecular complexity index is 1280. The normalized spacial score (nSPS) is 12.6. The van der Waals surface area contributed by atoms with Crippen LogP contribution < -0.4 is 5.32 Å². The summed E-state index contributed by atoms with van der Waals surface area (Å²) < 4.78 is 5.49. The number of aliphatic hydroxyl groups is 2. The summed E-state index contributed by atoms with van der Waals surface area (Å²) in [7, 11) is 0. The SMILES string of the molecule is CCCCCCC/C=C\CCCCCCCC(=O)OCCCCCCCCCCCCCCCCCCCCCCCCCCCCCCCC(=O)NC(CO)C(O)/C=C/CCCCCCCCCCCCCCCCCCCCCC. The Morgan fingerprint density at radius 3 is 0.866 bits per heavy atom. The van der Waals surface area contributed by atoms with Crippen LogP contribution in [0.2, 0.25) is 0 Å². The summed E-state index contributed by atoms with van der Waals surface area (Å²) in [6, 6.07) is -0.626. The Kier molecular flexibility index (Phi) is 70.4. The number of hydrogen-bond acceptors (Lipinski definition) is 5. The second kappa shape index (κ2) is 71.8. The first-order valence-corrected chi connectivity index (χ1v) is 37.6. The van der Waals surface area contributed by atoms with Crippen molar-refractivity contribution in [2.45, 2.75) is 437 Å². The van der Waals surface area contributed by atoms with E-state index in [2.05, 4.69) is 31.3 Å². The molecule has 0 aromatic rings. The largest absolute Gasteiger partial charge is 0.466 e. The molecule has 2 unspecified atom stereocenters. The van der Waals surface area contributed by atoms with Crippen molar-refractivity contribution in [3.8, 4) is 0 Å². The van der Waals surface area contributed by atoms with Crippen LogP contribution in [-0.2, 0) is 14.3 Å². The van der Waals surface area contributed by atoms with Gasteiger partial charge in [0.25, 0.3) is 0 Å². The Balaban J connectivity index is 3.37. The van der Waals surface area contributed by atoms with E-state index in [-0.39, 0.29) is 18.5 Å². The molecular formula is C76H147NO5. The molecule has 0 aromatic carbocycles. The molecule has 3 N–H and O–H groups in total. The highest BCUT2D eigenvalue weighted by molar-refractivity contribution is 5.76. The van der Waals surface area contributed by atoms with Crippen LogP contribution in [-0.4, -0.2) is 47.4 Å². The number of esters is 1. The molecule has 0 saturated carbocycles. The van der Waals surface area contributed by atoms with E-state index in [4.69, 9.17) is 4.74 Å². The molecule has 0 spiro atoms. The van der Waals surface area contributed by atoms with Crippen molar-refractivity contribution in [3.05, 3.63) is 24.3 Å². The van der Waals surface area contributed by atoms with Crippen molar-refractivity contribution in [1.29, 1.82) is 0 Å². The van der Waals surface area contributed by atoms with Gasteiger partial charge < -0.3 is 20.3 Å². The highest BCUT2D eigenvalue weighted by Crippen LogP contribution is 2.19. The Morgan fingerprint density at radius 2 is 0.573 bits per heavy atom. The van der Waals surface area contributed by atoms with Crippen LogP contribution >= 0.6 is 0 Å². The maximum atomic E-state index is 12.5. The van der Waals surface area contributed by atoms with Gasteiger partial charge in [0, 0.05) is 12.8 Å². The van der Waals surface area contributed by atoms with Crippen LogP contribution in [0.15, 0.2) is 24.3 Å². The molecule has 6 nitrogen and oxygen atoms in total. The molecule has 2 atom stereocenters. The molecule has 0 saturated heterocycles. The summed E-state index contributed by atoms with van der Waals surface area (Å²) in [5.74, 6) is -0.0483. The van der Waals surface area contributed by atoms with Gasteiger partial charge in [0.15, 0.2) is 0 Å². The highest BCUT2D eigenvalue weighted by Gasteiger charge is 2.18. The minimum atomic E-state index is -0.843. The topological polar surface area (TPSA) is 95.9 Å². The number of ether oxygens (including phenoxy) is 1. The maximum absolute atomic E-state index is 12.5. The van der Waals surface area contributed by atoms with Crippen molar-refractivity contribution < 1.29 is 24.5 Å². The molecule has 1 amide bonds. The zero-order valence-corrected chi connectivity index (χ0v) is 55.8. The van der Waals surface area contributed by atoms with E-state index in [0.717, 1.165) is 44.9 Å². The molecule has 0 radical (unpaired) electrons. The molecule has 0 aliphatic heterocycles. The van der Waals surface area contributed by atoms with Crippen LogP contribution in [0.1, 0.15) is 425 Å². The lowest BCUT2D eigenvalue weighted by atomic mass is 10.0. The lowest BCUT2D eigenvalue weighted by Crippen LogP contribution is -2.45. The Morgan fingerprint density at radius 1 is 0.329 bits per heavy atom. The third-order valence-corrected chi connectivity index (χ3v) is 17.7. The molecule has 0 bridgehead atoms. The first-order valence-electron chi connectivity index (χ1n) is 37.6. The summed E-state index contributed by atoms with van der Waals surface area (Å²) in [6.07, 6.45) is 91.4. The molecule has 0 rings (SSSR count). The van der Waals surface area contributed by atoms with Crippen LogP contribution in [0.4, 0.5) is 0 Å². The molecule has 486 valence electrons. The van der Waals surface area contributed by atoms with E-state index in [9.17, 15) is 19.8 Å². The fraction of sp³-hybridized carbons (Fsp3) is 0.921. The van der Waals surface area contributed by atoms with Gasteiger partial charge in [0.1, 0.15) is 0 Å². The third-order valence-electron chi connectivity index (χ3n) is 17.7. The predicted molar refractivity (Wildman–Crippen MR) is 361 cm³/mol. The number of carbonyl (C=O) groups is 2. The highest BCUT2D eigenvalue weighted by atomic mass is 16.5. The fourth-order valence-electron chi connectivity index (χ4n) is 12.0. The quantitative estimate of drug-likeness (QED) is 0.0320. The molecule has 0 aromatic heterocycles. The van der Waals surface area contributed by atoms with Crippen LogP contribution in [0.3, 0.4) is 0 Å². The van der Waals surface area contributed by atoms with Gasteiger partial charge in [-0.2, -0.15) is 0 Å². The number of rotatable bonds is 71. The number of hydrogen-bond donors (Lipinski definition) is 3. The molecule has 0 heterocycles. The number of amides is 1. The minimum absolute atomic E-state index is 0.0114. The molecule has 6 heteroatoms. The van der Waals surface area contributed by atoms with E-state index in [1.165, 1.54) is 353 Å². The lowest BCUT2D eigenvalue weighted by molar-refractivity contribution is -0.143. The van der Waals surface area contributed by atoms with Gasteiger partial charge in [-0.05, 0) is 57.8 Å². The van der Waals surface area contributed by atoms with E-state index < -0.39 is 12.1 Å². The monoisotopic (exact) mass is 1150 g/mol. The van der Waals surface area contributed by atoms with Crippen molar-refractivity contribution in [1.82, 2.24) is 5.32 Å². The van der Waals surface area contributed by atoms with Gasteiger partial charge in [0.05, 0.1) is 25.4 Å². The van der Waals surface area contributed by atoms with Crippen LogP contribution in [0.25, 0.3) is 0 Å². The summed E-state index contributed by atoms with van der Waals surface area (Å²) in [4.78, 5) is 24.6. The smallest absolute Gasteiger partial charge is 0.305 e. The van der Waals surface area contributed by atoms with Gasteiger partial charge >= 0.3 is 5.97 Å². The number of aliphatic hydroxyl groups excluding tert-OH is 2. The van der Waals surface area contributed by atoms with Gasteiger partial charge in [-0.1, -0.05) is 378 Å². The first kappa shape index (κ1) is 80.3. The van der Waals surface area contributed by atoms with Gasteiger partial charge in [0.2, 0.25) is 5.91 Å². The van der Waals surface area contributed by atoms with Gasteiger partial charge in [-0.3, -0.25) is 9.59 Å². The predicted octanol–water partition coefficient (Wildman–Crippen LogP) is 24.5. The Labute approximate surface area is 513 Å². The number of carbonyl (C=O) groups excluding carboxylic acids is 2. The van der Waals surface area contributed by atoms with Crippen molar-refractivity contribution in [2.75, 3.05) is 13.2 Å². The van der Waals surface area contributed by atoms with E-state index in [1.54, 1.807) is 6.08 Å². The zero-order valence-electron chi connectivity index (χ0n) is 55.8. The average Bonchev–Trinajstić information content (AvgIpc) is 3.48. The third kappa shape index (κ3) is 67.5. The molecule has 0 aliphatic carbocycles. The van der Waals surface area contributed by atoms with Crippen molar-refractivity contribution in [3.63, 3.8) is 0 Å². The molecule has 0 fully saturated rings. The van der Waals surface area contributed by atoms with Crippen molar-refractivity contribution in [2.24, 2.45) is 0 Å². The van der Waals surface area contributed by atoms with Crippen molar-refractivity contribution >= 4 is 11.9 Å². The summed E-state index contributed by atoms with van der Waals surface area (Å²) in [5, 5.41) is 23.3. The van der Waals surface area contributed by atoms with E-state index in [1.807, 2.05) is 6.08 Å². The van der Waals surface area contributed by atoms with E-state index in [0.29, 0.717) is 19.4 Å². The molecule has 82 heavy (non-hydrogen) atoms. The number of allylic oxidation sites excluding steroid dienone is 3. The van der Waals surface area contributed by atoms with E-state index >= 15 is 0 Å². The first-order chi connectivity index (χ1) is 40.5. The summed E-state index contributed by atoms with van der Waals surface area (Å²) in [5.41, 5.74) is 0. The number of unbranched alkanes of at least 4 members (excludes halogenated alkanes) is 58. The maximum Gasteiger partial charge on any atom is 0.305 e. The van der Waals surface area contributed by atoms with Gasteiger partial charge in [-0.25, -0.2) is 0 Å². The minimum Gasteiger partial charge on any atom is -0.466 e. The molecular weight excluding hydrogens is 1010 g/mol. The zero-order chi connectivity index (χ0) is 59.2. The summed E-state index contributed by atoms with van der Waals surface area (Å²) in [6.45, 7) is 4.94. The summed E-state index contributed by atoms with van der Waals surface area (Å²) >= 11 is 0. The lowest BCUT2D eigenvalue weighted by Gasteiger charge is -2.20. The second-order valence-corrected chi connectivity index (χ2v) is 26.0. The Hall–Kier alpha value is -1.66. The second-order valence-electron chi connectivity index (χ2n) is 26.0. The standard InChI is InChI=1S/C76H147NO5/c1-3-5-7-9-11-13-15-17-19-20-21-22-32-35-38-41-44-48-52-56-60-64-68-74(79)73(72-78)77-75(80)69-65-61-57-53-49-45-42-39-36-33-30-28-26-24-23-25-27-29-31-34-37-40-43-47-51-55-59-63-67-71-82-76(81)70-66-62-58-54-50-46-18-16-14-12-10-8-6-4-2/h16,18,64,68,73-74,78-79H,3-15,17,19-63,65-67,69-72H2,1-2H3,(H,77,80)/b18-16-,68-64+.